The molecule has 0 aromatic heterocycles. The third-order valence-electron chi connectivity index (χ3n) is 2.92. The maximum absolute atomic E-state index is 12.1. The second-order valence-electron chi connectivity index (χ2n) is 3.97. The predicted octanol–water partition coefficient (Wildman–Crippen LogP) is 1.49. The zero-order valence-corrected chi connectivity index (χ0v) is 10.9. The van der Waals surface area contributed by atoms with Crippen LogP contribution in [0.15, 0.2) is 24.3 Å². The highest BCUT2D eigenvalue weighted by Crippen LogP contribution is 2.26. The smallest absolute Gasteiger partial charge is 0.261 e. The predicted molar refractivity (Wildman–Crippen MR) is 68.2 cm³/mol. The second kappa shape index (κ2) is 5.26. The Hall–Kier alpha value is -1.10. The summed E-state index contributed by atoms with van der Waals surface area (Å²) in [5, 5.41) is 9.73. The van der Waals surface area contributed by atoms with E-state index in [1.807, 2.05) is 0 Å². The van der Waals surface area contributed by atoms with Crippen LogP contribution in [-0.4, -0.2) is 45.7 Å². The van der Waals surface area contributed by atoms with Crippen LogP contribution in [0.25, 0.3) is 0 Å². The maximum Gasteiger partial charge on any atom is 0.261 e. The molecule has 18 heavy (non-hydrogen) atoms. The van der Waals surface area contributed by atoms with Crippen molar-refractivity contribution < 1.29 is 14.7 Å². The summed E-state index contributed by atoms with van der Waals surface area (Å²) in [5.41, 5.74) is 0.666. The third kappa shape index (κ3) is 2.00. The van der Waals surface area contributed by atoms with Crippen LogP contribution in [0.2, 0.25) is 0 Å². The molecule has 1 aromatic rings. The molecule has 2 atom stereocenters. The standard InChI is InChI=1S/C12H11Cl2NO3/c13-5-9(10(16)6-14)15-11(17)7-3-1-2-4-8(7)12(15)18/h1-4,9-10,16H,5-6H2/t9?,10-/m0/s1. The average Bonchev–Trinajstić information content (AvgIpc) is 2.65. The fourth-order valence-electron chi connectivity index (χ4n) is 1.96. The molecule has 1 aromatic carbocycles. The van der Waals surface area contributed by atoms with E-state index in [0.29, 0.717) is 11.1 Å². The number of carbonyl (C=O) groups is 2. The molecule has 2 rings (SSSR count). The average molecular weight is 288 g/mol. The Labute approximate surface area is 114 Å². The van der Waals surface area contributed by atoms with E-state index in [0.717, 1.165) is 4.90 Å². The number of fused-ring (bicyclic) bond motifs is 1. The summed E-state index contributed by atoms with van der Waals surface area (Å²) in [4.78, 5) is 25.2. The zero-order valence-electron chi connectivity index (χ0n) is 9.35. The number of aliphatic hydroxyl groups excluding tert-OH is 1. The highest BCUT2D eigenvalue weighted by atomic mass is 35.5. The van der Waals surface area contributed by atoms with Crippen molar-refractivity contribution in [3.8, 4) is 0 Å². The zero-order chi connectivity index (χ0) is 13.3. The van der Waals surface area contributed by atoms with Gasteiger partial charge in [0.05, 0.1) is 29.2 Å². The van der Waals surface area contributed by atoms with Crippen LogP contribution in [0.3, 0.4) is 0 Å². The molecule has 1 aliphatic heterocycles. The SMILES string of the molecule is O=C1c2ccccc2C(=O)N1C(CCl)[C@@H](O)CCl. The van der Waals surface area contributed by atoms with Gasteiger partial charge >= 0.3 is 0 Å². The number of rotatable bonds is 4. The maximum atomic E-state index is 12.1. The van der Waals surface area contributed by atoms with Crippen molar-refractivity contribution in [3.63, 3.8) is 0 Å². The molecular weight excluding hydrogens is 277 g/mol. The number of alkyl halides is 2. The lowest BCUT2D eigenvalue weighted by Gasteiger charge is -2.27. The Morgan fingerprint density at radius 3 is 1.94 bits per heavy atom. The summed E-state index contributed by atoms with van der Waals surface area (Å²) in [6.45, 7) is 0. The molecule has 0 saturated heterocycles. The molecule has 6 heteroatoms. The van der Waals surface area contributed by atoms with E-state index in [4.69, 9.17) is 23.2 Å². The topological polar surface area (TPSA) is 57.6 Å². The fraction of sp³-hybridized carbons (Fsp3) is 0.333. The number of benzene rings is 1. The number of hydrogen-bond donors (Lipinski definition) is 1. The first-order valence-corrected chi connectivity index (χ1v) is 6.45. The molecule has 0 bridgehead atoms. The normalized spacial score (nSPS) is 17.8. The van der Waals surface area contributed by atoms with E-state index in [-0.39, 0.29) is 11.8 Å². The van der Waals surface area contributed by atoms with Gasteiger partial charge in [0.25, 0.3) is 11.8 Å². The van der Waals surface area contributed by atoms with Gasteiger partial charge in [-0.1, -0.05) is 12.1 Å². The van der Waals surface area contributed by atoms with E-state index in [1.54, 1.807) is 24.3 Å². The summed E-state index contributed by atoms with van der Waals surface area (Å²) < 4.78 is 0. The summed E-state index contributed by atoms with van der Waals surface area (Å²) in [6.07, 6.45) is -1.04. The molecule has 1 aliphatic rings. The van der Waals surface area contributed by atoms with Gasteiger partial charge in [-0.15, -0.1) is 23.2 Å². The van der Waals surface area contributed by atoms with Crippen LogP contribution < -0.4 is 0 Å². The van der Waals surface area contributed by atoms with Gasteiger partial charge in [-0.05, 0) is 12.1 Å². The number of halogens is 2. The minimum Gasteiger partial charge on any atom is -0.390 e. The van der Waals surface area contributed by atoms with E-state index < -0.39 is 24.0 Å². The lowest BCUT2D eigenvalue weighted by molar-refractivity contribution is 0.0428. The lowest BCUT2D eigenvalue weighted by atomic mass is 10.1. The van der Waals surface area contributed by atoms with Crippen LogP contribution in [0.5, 0.6) is 0 Å². The Bertz CT molecular complexity index is 457. The van der Waals surface area contributed by atoms with Gasteiger partial charge in [-0.3, -0.25) is 14.5 Å². The van der Waals surface area contributed by atoms with E-state index in [9.17, 15) is 14.7 Å². The number of carbonyl (C=O) groups excluding carboxylic acids is 2. The molecule has 0 radical (unpaired) electrons. The monoisotopic (exact) mass is 287 g/mol. The molecule has 4 nitrogen and oxygen atoms in total. The summed E-state index contributed by atoms with van der Waals surface area (Å²) in [7, 11) is 0. The van der Waals surface area contributed by atoms with Gasteiger partial charge in [-0.2, -0.15) is 0 Å². The summed E-state index contributed by atoms with van der Waals surface area (Å²) in [5.74, 6) is -1.03. The first-order valence-electron chi connectivity index (χ1n) is 5.38. The van der Waals surface area contributed by atoms with Crippen LogP contribution in [0.1, 0.15) is 20.7 Å². The van der Waals surface area contributed by atoms with Gasteiger partial charge < -0.3 is 5.11 Å². The van der Waals surface area contributed by atoms with E-state index in [2.05, 4.69) is 0 Å². The second-order valence-corrected chi connectivity index (χ2v) is 4.59. The summed E-state index contributed by atoms with van der Waals surface area (Å²) >= 11 is 11.3. The Balaban J connectivity index is 2.38. The number of imide groups is 1. The number of aliphatic hydroxyl groups is 1. The quantitative estimate of drug-likeness (QED) is 0.674. The van der Waals surface area contributed by atoms with Gasteiger partial charge in [0.1, 0.15) is 0 Å². The van der Waals surface area contributed by atoms with E-state index >= 15 is 0 Å². The molecule has 0 spiro atoms. The first kappa shape index (κ1) is 13.3. The van der Waals surface area contributed by atoms with Crippen molar-refractivity contribution in [1.29, 1.82) is 0 Å². The van der Waals surface area contributed by atoms with Gasteiger partial charge in [-0.25, -0.2) is 0 Å². The van der Waals surface area contributed by atoms with Crippen LogP contribution in [0, 0.1) is 0 Å². The van der Waals surface area contributed by atoms with Crippen LogP contribution in [-0.2, 0) is 0 Å². The van der Waals surface area contributed by atoms with Crippen molar-refractivity contribution in [2.75, 3.05) is 11.8 Å². The minimum atomic E-state index is -1.04. The highest BCUT2D eigenvalue weighted by Gasteiger charge is 2.41. The Kier molecular flexibility index (Phi) is 3.90. The molecule has 1 unspecified atom stereocenters. The minimum absolute atomic E-state index is 0.0562. The lowest BCUT2D eigenvalue weighted by Crippen LogP contribution is -2.48. The van der Waals surface area contributed by atoms with Crippen LogP contribution in [0.4, 0.5) is 0 Å². The van der Waals surface area contributed by atoms with Crippen molar-refractivity contribution in [2.24, 2.45) is 0 Å². The Morgan fingerprint density at radius 1 is 1.06 bits per heavy atom. The Morgan fingerprint density at radius 2 is 1.56 bits per heavy atom. The molecule has 0 fully saturated rings. The van der Waals surface area contributed by atoms with Crippen molar-refractivity contribution in [2.45, 2.75) is 12.1 Å². The molecule has 1 N–H and O–H groups in total. The molecular formula is C12H11Cl2NO3. The molecule has 0 saturated carbocycles. The molecule has 1 heterocycles. The van der Waals surface area contributed by atoms with Gasteiger partial charge in [0.2, 0.25) is 0 Å². The van der Waals surface area contributed by atoms with Crippen molar-refractivity contribution in [3.05, 3.63) is 35.4 Å². The number of nitrogens with zero attached hydrogens (tertiary/aromatic N) is 1. The van der Waals surface area contributed by atoms with Crippen molar-refractivity contribution in [1.82, 2.24) is 4.90 Å². The molecule has 2 amide bonds. The summed E-state index contributed by atoms with van der Waals surface area (Å²) in [6, 6.07) is 5.71. The van der Waals surface area contributed by atoms with Gasteiger partial charge in [0, 0.05) is 5.88 Å². The van der Waals surface area contributed by atoms with Crippen molar-refractivity contribution >= 4 is 35.0 Å². The first-order chi connectivity index (χ1) is 8.61. The van der Waals surface area contributed by atoms with Gasteiger partial charge in [0.15, 0.2) is 0 Å². The third-order valence-corrected chi connectivity index (χ3v) is 3.55. The molecule has 0 aliphatic carbocycles. The molecule has 96 valence electrons. The van der Waals surface area contributed by atoms with E-state index in [1.165, 1.54) is 0 Å². The number of hydrogen-bond acceptors (Lipinski definition) is 3. The fourth-order valence-corrected chi connectivity index (χ4v) is 2.51. The highest BCUT2D eigenvalue weighted by molar-refractivity contribution is 6.23. The largest absolute Gasteiger partial charge is 0.390 e. The van der Waals surface area contributed by atoms with Crippen LogP contribution >= 0.6 is 23.2 Å². The number of amides is 2.